The normalized spacial score (nSPS) is 31.1. The van der Waals surface area contributed by atoms with Gasteiger partial charge in [-0.2, -0.15) is 17.6 Å². The topological polar surface area (TPSA) is 130 Å². The number of halogens is 4. The molecule has 16 heteroatoms. The van der Waals surface area contributed by atoms with E-state index in [-0.39, 0.29) is 39.4 Å². The number of fused-ring (bicyclic) bond motifs is 4. The van der Waals surface area contributed by atoms with E-state index in [1.165, 1.54) is 35.8 Å². The van der Waals surface area contributed by atoms with E-state index in [2.05, 4.69) is 0 Å². The molecule has 248 valence electrons. The van der Waals surface area contributed by atoms with Crippen LogP contribution in [0.1, 0.15) is 41.5 Å². The first-order chi connectivity index (χ1) is 20.7. The van der Waals surface area contributed by atoms with Crippen LogP contribution in [0.3, 0.4) is 0 Å². The van der Waals surface area contributed by atoms with Crippen molar-refractivity contribution >= 4 is 24.1 Å². The van der Waals surface area contributed by atoms with Crippen LogP contribution in [-0.2, 0) is 38.0 Å². The molecule has 0 aromatic rings. The summed E-state index contributed by atoms with van der Waals surface area (Å²) >= 11 is 0. The molecular weight excluding hydrogens is 600 g/mol. The molecule has 0 unspecified atom stereocenters. The number of hydrogen-bond acceptors (Lipinski definition) is 10. The van der Waals surface area contributed by atoms with E-state index in [1.807, 2.05) is 0 Å². The second kappa shape index (κ2) is 13.3. The molecule has 4 rings (SSSR count). The number of alkyl halides is 4. The molecule has 0 aromatic carbocycles. The summed E-state index contributed by atoms with van der Waals surface area (Å²) in [5, 5.41) is 0. The molecule has 4 heterocycles. The third-order valence-corrected chi connectivity index (χ3v) is 7.71. The molecule has 4 aliphatic rings. The van der Waals surface area contributed by atoms with Gasteiger partial charge in [-0.1, -0.05) is 24.3 Å². The molecule has 0 N–H and O–H groups in total. The first-order valence-electron chi connectivity index (χ1n) is 14.4. The summed E-state index contributed by atoms with van der Waals surface area (Å²) in [5.41, 5.74) is -5.55. The highest BCUT2D eigenvalue weighted by atomic mass is 19.3. The lowest BCUT2D eigenvalue weighted by atomic mass is 9.85. The number of hydrogen-bond donors (Lipinski definition) is 0. The summed E-state index contributed by atoms with van der Waals surface area (Å²) in [6.45, 7) is 10.5. The largest absolute Gasteiger partial charge is 0.463 e. The number of amides is 2. The minimum atomic E-state index is -3.69. The highest BCUT2D eigenvalue weighted by Gasteiger charge is 2.79. The molecule has 0 spiro atoms. The molecule has 0 aromatic heterocycles. The minimum Gasteiger partial charge on any atom is -0.463 e. The highest BCUT2D eigenvalue weighted by Crippen LogP contribution is 2.53. The average molecular weight is 639 g/mol. The summed E-state index contributed by atoms with van der Waals surface area (Å²) in [6.07, 6.45) is -3.00. The number of ether oxygens (including phenoxy) is 6. The number of carbonyl (C=O) groups excluding carboxylic acids is 4. The van der Waals surface area contributed by atoms with Gasteiger partial charge in [-0.15, -0.1) is 0 Å². The Morgan fingerprint density at radius 2 is 0.886 bits per heavy atom. The van der Waals surface area contributed by atoms with Crippen LogP contribution in [0.15, 0.2) is 24.3 Å². The van der Waals surface area contributed by atoms with Crippen molar-refractivity contribution in [1.82, 2.24) is 9.80 Å². The van der Waals surface area contributed by atoms with Crippen molar-refractivity contribution in [2.24, 2.45) is 0 Å². The Bertz CT molecular complexity index is 1070. The second-order valence-corrected chi connectivity index (χ2v) is 9.96. The molecule has 2 amide bonds. The molecule has 44 heavy (non-hydrogen) atoms. The van der Waals surface area contributed by atoms with E-state index in [4.69, 9.17) is 28.4 Å². The highest BCUT2D eigenvalue weighted by molar-refractivity contribution is 5.88. The third kappa shape index (κ3) is 5.39. The molecule has 4 aliphatic heterocycles. The number of nitrogens with zero attached hydrogens (tertiary/aromatic N) is 2. The number of rotatable bonds is 10. The van der Waals surface area contributed by atoms with Gasteiger partial charge in [-0.3, -0.25) is 0 Å². The van der Waals surface area contributed by atoms with Crippen molar-refractivity contribution in [3.63, 3.8) is 0 Å². The lowest BCUT2D eigenvalue weighted by Gasteiger charge is -2.36. The van der Waals surface area contributed by atoms with Crippen LogP contribution in [0.25, 0.3) is 0 Å². The van der Waals surface area contributed by atoms with Gasteiger partial charge in [-0.25, -0.2) is 19.2 Å². The summed E-state index contributed by atoms with van der Waals surface area (Å²) in [5.74, 6) is -9.97. The molecule has 0 radical (unpaired) electrons. The Kier molecular flexibility index (Phi) is 10.6. The standard InChI is InChI=1S/2C14H19F2NO5/c2*1-4-17(5-2)12(19)22-13(11(18)20-6-3)9-7-8-10(21-9)14(13,15)16/h2*7-10H,4-6H2,1-3H3/t2*9-,10+,13+/m10/s1. The van der Waals surface area contributed by atoms with Gasteiger partial charge in [0.25, 0.3) is 0 Å². The molecule has 0 saturated carbocycles. The summed E-state index contributed by atoms with van der Waals surface area (Å²) in [6, 6.07) is 0. The molecule has 2 saturated heterocycles. The zero-order valence-electron chi connectivity index (χ0n) is 25.4. The smallest absolute Gasteiger partial charge is 0.411 e. The predicted molar refractivity (Wildman–Crippen MR) is 143 cm³/mol. The monoisotopic (exact) mass is 638 g/mol. The van der Waals surface area contributed by atoms with Gasteiger partial charge in [0.15, 0.2) is 0 Å². The van der Waals surface area contributed by atoms with Crippen molar-refractivity contribution in [2.45, 2.75) is 89.0 Å². The van der Waals surface area contributed by atoms with E-state index >= 15 is 0 Å². The fourth-order valence-corrected chi connectivity index (χ4v) is 5.26. The zero-order chi connectivity index (χ0) is 33.1. The van der Waals surface area contributed by atoms with Gasteiger partial charge in [0.1, 0.15) is 24.4 Å². The first-order valence-corrected chi connectivity index (χ1v) is 14.4. The van der Waals surface area contributed by atoms with E-state index in [0.29, 0.717) is 0 Å². The summed E-state index contributed by atoms with van der Waals surface area (Å²) in [7, 11) is 0. The average Bonchev–Trinajstić information content (AvgIpc) is 3.74. The Balaban J connectivity index is 0.000000240. The summed E-state index contributed by atoms with van der Waals surface area (Å²) in [4.78, 5) is 51.0. The van der Waals surface area contributed by atoms with Gasteiger partial charge in [0.2, 0.25) is 0 Å². The first kappa shape index (κ1) is 35.1. The maximum atomic E-state index is 14.6. The van der Waals surface area contributed by atoms with Crippen molar-refractivity contribution < 1.29 is 65.2 Å². The zero-order valence-corrected chi connectivity index (χ0v) is 25.4. The van der Waals surface area contributed by atoms with E-state index in [0.717, 1.165) is 12.2 Å². The van der Waals surface area contributed by atoms with Crippen LogP contribution in [-0.4, -0.2) is 121 Å². The van der Waals surface area contributed by atoms with Crippen LogP contribution < -0.4 is 0 Å². The quantitative estimate of drug-likeness (QED) is 0.152. The molecule has 4 bridgehead atoms. The minimum absolute atomic E-state index is 0.111. The molecular formula is C28H38F4N2O10. The van der Waals surface area contributed by atoms with Crippen LogP contribution in [0, 0.1) is 0 Å². The number of esters is 2. The van der Waals surface area contributed by atoms with E-state index < -0.39 is 71.6 Å². The molecule has 2 fully saturated rings. The van der Waals surface area contributed by atoms with Crippen molar-refractivity contribution in [2.75, 3.05) is 39.4 Å². The SMILES string of the molecule is CCOC(=O)[C@@]1(OC(=O)N(CC)CC)[C@H]2C=C[C@H](O2)C1(F)F.CCOC(=O)[C@]1(OC(=O)N(CC)CC)[C@@H]2C=C[C@@H](O2)C1(F)F. The predicted octanol–water partition coefficient (Wildman–Crippen LogP) is 3.48. The molecule has 6 atom stereocenters. The summed E-state index contributed by atoms with van der Waals surface area (Å²) < 4.78 is 87.9. The maximum Gasteiger partial charge on any atom is 0.411 e. The lowest BCUT2D eigenvalue weighted by molar-refractivity contribution is -0.206. The van der Waals surface area contributed by atoms with Gasteiger partial charge >= 0.3 is 47.2 Å². The van der Waals surface area contributed by atoms with E-state index in [1.54, 1.807) is 27.7 Å². The maximum absolute atomic E-state index is 14.6. The Labute approximate surface area is 252 Å². The fourth-order valence-electron chi connectivity index (χ4n) is 5.26. The number of carbonyl (C=O) groups is 4. The van der Waals surface area contributed by atoms with E-state index in [9.17, 15) is 36.7 Å². The molecule has 12 nitrogen and oxygen atoms in total. The fraction of sp³-hybridized carbons (Fsp3) is 0.714. The van der Waals surface area contributed by atoms with Gasteiger partial charge in [0.05, 0.1) is 13.2 Å². The van der Waals surface area contributed by atoms with Crippen LogP contribution in [0.2, 0.25) is 0 Å². The van der Waals surface area contributed by atoms with Crippen molar-refractivity contribution in [3.05, 3.63) is 24.3 Å². The second-order valence-electron chi connectivity index (χ2n) is 9.96. The van der Waals surface area contributed by atoms with Crippen LogP contribution in [0.5, 0.6) is 0 Å². The van der Waals surface area contributed by atoms with Crippen LogP contribution >= 0.6 is 0 Å². The van der Waals surface area contributed by atoms with Gasteiger partial charge < -0.3 is 38.2 Å². The Morgan fingerprint density at radius 3 is 1.11 bits per heavy atom. The van der Waals surface area contributed by atoms with Crippen molar-refractivity contribution in [3.8, 4) is 0 Å². The van der Waals surface area contributed by atoms with Crippen LogP contribution in [0.4, 0.5) is 27.2 Å². The lowest BCUT2D eigenvalue weighted by Crippen LogP contribution is -2.64. The van der Waals surface area contributed by atoms with Gasteiger partial charge in [0, 0.05) is 26.2 Å². The Hall–Kier alpha value is -3.40. The van der Waals surface area contributed by atoms with Gasteiger partial charge in [-0.05, 0) is 41.5 Å². The van der Waals surface area contributed by atoms with Crippen molar-refractivity contribution in [1.29, 1.82) is 0 Å². The molecule has 0 aliphatic carbocycles. The Morgan fingerprint density at radius 1 is 0.591 bits per heavy atom. The third-order valence-electron chi connectivity index (χ3n) is 7.71.